The van der Waals surface area contributed by atoms with Crippen molar-refractivity contribution >= 4 is 15.7 Å². The number of rotatable bonds is 8. The Balaban J connectivity index is 2.37. The maximum atomic E-state index is 11.8. The van der Waals surface area contributed by atoms with E-state index in [9.17, 15) is 8.42 Å². The largest absolute Gasteiger partial charge is 0.317 e. The van der Waals surface area contributed by atoms with Gasteiger partial charge in [-0.25, -0.2) is 8.42 Å². The van der Waals surface area contributed by atoms with Crippen molar-refractivity contribution in [2.24, 2.45) is 0 Å². The highest BCUT2D eigenvalue weighted by molar-refractivity contribution is 7.92. The molecule has 0 aliphatic rings. The topological polar surface area (TPSA) is 58.2 Å². The summed E-state index contributed by atoms with van der Waals surface area (Å²) >= 11 is 0. The van der Waals surface area contributed by atoms with E-state index in [4.69, 9.17) is 0 Å². The Bertz CT molecular complexity index is 441. The molecule has 0 radical (unpaired) electrons. The SMILES string of the molecule is CCCNCCCS(=O)(=O)Nc1ccc(C)cc1. The zero-order valence-corrected chi connectivity index (χ0v) is 11.9. The number of hydrogen-bond donors (Lipinski definition) is 2. The number of nitrogens with one attached hydrogen (secondary N) is 2. The first-order chi connectivity index (χ1) is 8.53. The van der Waals surface area contributed by atoms with Gasteiger partial charge in [0.05, 0.1) is 5.75 Å². The Kier molecular flexibility index (Phi) is 6.15. The van der Waals surface area contributed by atoms with Crippen LogP contribution in [0.2, 0.25) is 0 Å². The average Bonchev–Trinajstić information content (AvgIpc) is 2.31. The summed E-state index contributed by atoms with van der Waals surface area (Å²) in [5.74, 6) is 0.150. The van der Waals surface area contributed by atoms with Crippen LogP contribution in [0.3, 0.4) is 0 Å². The lowest BCUT2D eigenvalue weighted by Crippen LogP contribution is -2.22. The number of sulfonamides is 1. The summed E-state index contributed by atoms with van der Waals surface area (Å²) < 4.78 is 26.1. The van der Waals surface area contributed by atoms with Gasteiger partial charge < -0.3 is 5.32 Å². The minimum atomic E-state index is -3.22. The minimum absolute atomic E-state index is 0.150. The van der Waals surface area contributed by atoms with Crippen molar-refractivity contribution in [3.05, 3.63) is 29.8 Å². The van der Waals surface area contributed by atoms with Gasteiger partial charge in [-0.3, -0.25) is 4.72 Å². The minimum Gasteiger partial charge on any atom is -0.317 e. The second-order valence-corrected chi connectivity index (χ2v) is 6.23. The first-order valence-corrected chi connectivity index (χ1v) is 7.96. The Hall–Kier alpha value is -1.07. The van der Waals surface area contributed by atoms with E-state index in [-0.39, 0.29) is 5.75 Å². The summed E-state index contributed by atoms with van der Waals surface area (Å²) in [6.07, 6.45) is 1.69. The van der Waals surface area contributed by atoms with Crippen LogP contribution in [0.1, 0.15) is 25.3 Å². The van der Waals surface area contributed by atoms with Gasteiger partial charge in [-0.2, -0.15) is 0 Å². The van der Waals surface area contributed by atoms with Gasteiger partial charge >= 0.3 is 0 Å². The maximum absolute atomic E-state index is 11.8. The van der Waals surface area contributed by atoms with Crippen LogP contribution in [0.25, 0.3) is 0 Å². The van der Waals surface area contributed by atoms with Crippen LogP contribution < -0.4 is 10.0 Å². The summed E-state index contributed by atoms with van der Waals surface area (Å²) in [7, 11) is -3.22. The molecule has 0 fully saturated rings. The molecule has 0 amide bonds. The fourth-order valence-electron chi connectivity index (χ4n) is 1.54. The molecule has 0 saturated heterocycles. The number of hydrogen-bond acceptors (Lipinski definition) is 3. The molecule has 0 aromatic heterocycles. The van der Waals surface area contributed by atoms with Crippen molar-refractivity contribution in [1.82, 2.24) is 5.32 Å². The molecule has 2 N–H and O–H groups in total. The summed E-state index contributed by atoms with van der Waals surface area (Å²) in [6, 6.07) is 7.34. The van der Waals surface area contributed by atoms with Crippen molar-refractivity contribution in [3.8, 4) is 0 Å². The molecule has 5 heteroatoms. The molecule has 102 valence electrons. The molecule has 0 unspecified atom stereocenters. The monoisotopic (exact) mass is 270 g/mol. The smallest absolute Gasteiger partial charge is 0.232 e. The summed E-state index contributed by atoms with van der Waals surface area (Å²) in [5.41, 5.74) is 1.74. The Morgan fingerprint density at radius 2 is 1.78 bits per heavy atom. The Morgan fingerprint density at radius 3 is 2.39 bits per heavy atom. The van der Waals surface area contributed by atoms with Crippen molar-refractivity contribution < 1.29 is 8.42 Å². The van der Waals surface area contributed by atoms with Gasteiger partial charge in [0, 0.05) is 5.69 Å². The van der Waals surface area contributed by atoms with E-state index in [1.807, 2.05) is 19.1 Å². The van der Waals surface area contributed by atoms with Gasteiger partial charge in [-0.1, -0.05) is 24.6 Å². The lowest BCUT2D eigenvalue weighted by atomic mass is 10.2. The van der Waals surface area contributed by atoms with Crippen molar-refractivity contribution in [2.45, 2.75) is 26.7 Å². The molecule has 1 rings (SSSR count). The molecule has 0 aliphatic heterocycles. The molecule has 0 saturated carbocycles. The van der Waals surface area contributed by atoms with Gasteiger partial charge in [0.1, 0.15) is 0 Å². The van der Waals surface area contributed by atoms with Crippen LogP contribution in [-0.2, 0) is 10.0 Å². The van der Waals surface area contributed by atoms with E-state index >= 15 is 0 Å². The molecule has 0 bridgehead atoms. The molecule has 1 aromatic rings. The molecule has 18 heavy (non-hydrogen) atoms. The molecule has 0 heterocycles. The second kappa shape index (κ2) is 7.38. The zero-order valence-electron chi connectivity index (χ0n) is 11.1. The third-order valence-corrected chi connectivity index (χ3v) is 3.89. The fourth-order valence-corrected chi connectivity index (χ4v) is 2.66. The highest BCUT2D eigenvalue weighted by Crippen LogP contribution is 2.10. The first kappa shape index (κ1) is 15.0. The summed E-state index contributed by atoms with van der Waals surface area (Å²) in [6.45, 7) is 5.73. The van der Waals surface area contributed by atoms with E-state index in [2.05, 4.69) is 17.0 Å². The van der Waals surface area contributed by atoms with E-state index in [1.165, 1.54) is 0 Å². The molecular weight excluding hydrogens is 248 g/mol. The van der Waals surface area contributed by atoms with Crippen LogP contribution in [0.5, 0.6) is 0 Å². The number of anilines is 1. The van der Waals surface area contributed by atoms with Crippen LogP contribution in [0.4, 0.5) is 5.69 Å². The predicted molar refractivity (Wildman–Crippen MR) is 76.4 cm³/mol. The summed E-state index contributed by atoms with van der Waals surface area (Å²) in [5, 5.41) is 3.19. The van der Waals surface area contributed by atoms with Crippen LogP contribution >= 0.6 is 0 Å². The predicted octanol–water partition coefficient (Wildman–Crippen LogP) is 2.13. The molecule has 0 aliphatic carbocycles. The highest BCUT2D eigenvalue weighted by atomic mass is 32.2. The van der Waals surface area contributed by atoms with E-state index in [0.717, 1.165) is 25.1 Å². The molecule has 1 aromatic carbocycles. The van der Waals surface area contributed by atoms with Gasteiger partial charge in [0.25, 0.3) is 0 Å². The fraction of sp³-hybridized carbons (Fsp3) is 0.538. The quantitative estimate of drug-likeness (QED) is 0.711. The van der Waals surface area contributed by atoms with Gasteiger partial charge in [0.2, 0.25) is 10.0 Å². The number of aryl methyl sites for hydroxylation is 1. The average molecular weight is 270 g/mol. The van der Waals surface area contributed by atoms with Crippen LogP contribution in [0.15, 0.2) is 24.3 Å². The van der Waals surface area contributed by atoms with Gasteiger partial charge in [-0.05, 0) is 45.0 Å². The maximum Gasteiger partial charge on any atom is 0.232 e. The van der Waals surface area contributed by atoms with Crippen LogP contribution in [0, 0.1) is 6.92 Å². The zero-order chi connectivity index (χ0) is 13.4. The number of benzene rings is 1. The van der Waals surface area contributed by atoms with Crippen molar-refractivity contribution in [2.75, 3.05) is 23.6 Å². The van der Waals surface area contributed by atoms with Crippen molar-refractivity contribution in [1.29, 1.82) is 0 Å². The van der Waals surface area contributed by atoms with E-state index in [0.29, 0.717) is 12.1 Å². The molecule has 0 spiro atoms. The lowest BCUT2D eigenvalue weighted by molar-refractivity contribution is 0.593. The molecular formula is C13H22N2O2S. The van der Waals surface area contributed by atoms with Crippen molar-refractivity contribution in [3.63, 3.8) is 0 Å². The Labute approximate surface area is 110 Å². The molecule has 4 nitrogen and oxygen atoms in total. The van der Waals surface area contributed by atoms with E-state index < -0.39 is 10.0 Å². The standard InChI is InChI=1S/C13H22N2O2S/c1-3-9-14-10-4-11-18(16,17)15-13-7-5-12(2)6-8-13/h5-8,14-15H,3-4,9-11H2,1-2H3. The normalized spacial score (nSPS) is 11.4. The lowest BCUT2D eigenvalue weighted by Gasteiger charge is -2.08. The second-order valence-electron chi connectivity index (χ2n) is 4.39. The first-order valence-electron chi connectivity index (χ1n) is 6.31. The third kappa shape index (κ3) is 6.02. The highest BCUT2D eigenvalue weighted by Gasteiger charge is 2.09. The van der Waals surface area contributed by atoms with E-state index in [1.54, 1.807) is 12.1 Å². The Morgan fingerprint density at radius 1 is 1.11 bits per heavy atom. The molecule has 0 atom stereocenters. The van der Waals surface area contributed by atoms with Gasteiger partial charge in [-0.15, -0.1) is 0 Å². The summed E-state index contributed by atoms with van der Waals surface area (Å²) in [4.78, 5) is 0. The van der Waals surface area contributed by atoms with Gasteiger partial charge in [0.15, 0.2) is 0 Å². The van der Waals surface area contributed by atoms with Crippen LogP contribution in [-0.4, -0.2) is 27.3 Å². The third-order valence-electron chi connectivity index (χ3n) is 2.52.